The SMILES string of the molecule is Nc1ccccc1-n1ccc(C(=O)N2CCC(CO)C2)n1. The van der Waals surface area contributed by atoms with Gasteiger partial charge in [-0.3, -0.25) is 4.79 Å². The van der Waals surface area contributed by atoms with Crippen LogP contribution in [-0.2, 0) is 0 Å². The van der Waals surface area contributed by atoms with Crippen LogP contribution in [0.2, 0.25) is 0 Å². The highest BCUT2D eigenvalue weighted by molar-refractivity contribution is 5.92. The molecule has 1 unspecified atom stereocenters. The molecule has 1 aliphatic rings. The zero-order valence-corrected chi connectivity index (χ0v) is 11.6. The maximum Gasteiger partial charge on any atom is 0.274 e. The van der Waals surface area contributed by atoms with E-state index in [1.807, 2.05) is 18.2 Å². The molecule has 1 aliphatic heterocycles. The van der Waals surface area contributed by atoms with Crippen molar-refractivity contribution in [2.45, 2.75) is 6.42 Å². The minimum atomic E-state index is -0.0980. The van der Waals surface area contributed by atoms with E-state index in [0.717, 1.165) is 12.1 Å². The molecule has 2 aromatic rings. The zero-order chi connectivity index (χ0) is 14.8. The van der Waals surface area contributed by atoms with Gasteiger partial charge in [-0.15, -0.1) is 0 Å². The first-order valence-electron chi connectivity index (χ1n) is 6.99. The first-order chi connectivity index (χ1) is 10.2. The maximum atomic E-state index is 12.4. The smallest absolute Gasteiger partial charge is 0.274 e. The third-order valence-electron chi connectivity index (χ3n) is 3.82. The Labute approximate surface area is 122 Å². The van der Waals surface area contributed by atoms with E-state index in [9.17, 15) is 4.79 Å². The number of anilines is 1. The molecular formula is C15H18N4O2. The third kappa shape index (κ3) is 2.62. The molecule has 0 saturated carbocycles. The van der Waals surface area contributed by atoms with Crippen LogP contribution in [0.15, 0.2) is 36.5 Å². The molecule has 1 fully saturated rings. The lowest BCUT2D eigenvalue weighted by Crippen LogP contribution is -2.29. The summed E-state index contributed by atoms with van der Waals surface area (Å²) in [6.45, 7) is 1.39. The number of aromatic nitrogens is 2. The highest BCUT2D eigenvalue weighted by atomic mass is 16.3. The summed E-state index contributed by atoms with van der Waals surface area (Å²) in [5.74, 6) is 0.0833. The predicted molar refractivity (Wildman–Crippen MR) is 79.1 cm³/mol. The molecule has 1 amide bonds. The Hall–Kier alpha value is -2.34. The molecule has 1 aromatic heterocycles. The first kappa shape index (κ1) is 13.6. The number of aliphatic hydroxyl groups is 1. The number of para-hydroxylation sites is 2. The van der Waals surface area contributed by atoms with Crippen molar-refractivity contribution in [1.82, 2.24) is 14.7 Å². The van der Waals surface area contributed by atoms with Gasteiger partial charge in [0.2, 0.25) is 0 Å². The summed E-state index contributed by atoms with van der Waals surface area (Å²) in [6.07, 6.45) is 2.58. The fourth-order valence-corrected chi connectivity index (χ4v) is 2.60. The van der Waals surface area contributed by atoms with Crippen molar-refractivity contribution in [2.75, 3.05) is 25.4 Å². The second-order valence-corrected chi connectivity index (χ2v) is 5.29. The Balaban J connectivity index is 1.79. The topological polar surface area (TPSA) is 84.4 Å². The van der Waals surface area contributed by atoms with Crippen molar-refractivity contribution < 1.29 is 9.90 Å². The van der Waals surface area contributed by atoms with Gasteiger partial charge in [-0.05, 0) is 24.6 Å². The molecule has 0 bridgehead atoms. The van der Waals surface area contributed by atoms with Crippen LogP contribution in [0.1, 0.15) is 16.9 Å². The van der Waals surface area contributed by atoms with Crippen LogP contribution in [0.3, 0.4) is 0 Å². The molecular weight excluding hydrogens is 268 g/mol. The van der Waals surface area contributed by atoms with Crippen molar-refractivity contribution in [3.63, 3.8) is 0 Å². The first-order valence-corrected chi connectivity index (χ1v) is 6.99. The summed E-state index contributed by atoms with van der Waals surface area (Å²) in [6, 6.07) is 9.08. The van der Waals surface area contributed by atoms with Crippen LogP contribution in [0.25, 0.3) is 5.69 Å². The average molecular weight is 286 g/mol. The molecule has 6 nitrogen and oxygen atoms in total. The number of carbonyl (C=O) groups is 1. The number of nitrogens with two attached hydrogens (primary N) is 1. The monoisotopic (exact) mass is 286 g/mol. The van der Waals surface area contributed by atoms with Crippen LogP contribution < -0.4 is 5.73 Å². The van der Waals surface area contributed by atoms with E-state index in [1.165, 1.54) is 0 Å². The van der Waals surface area contributed by atoms with Gasteiger partial charge >= 0.3 is 0 Å². The molecule has 0 spiro atoms. The van der Waals surface area contributed by atoms with Crippen molar-refractivity contribution in [1.29, 1.82) is 0 Å². The number of carbonyl (C=O) groups excluding carboxylic acids is 1. The van der Waals surface area contributed by atoms with E-state index in [2.05, 4.69) is 5.10 Å². The Kier molecular flexibility index (Phi) is 3.62. The minimum Gasteiger partial charge on any atom is -0.397 e. The standard InChI is InChI=1S/C15H18N4O2/c16-12-3-1-2-4-14(12)19-8-6-13(17-19)15(21)18-7-5-11(9-18)10-20/h1-4,6,8,11,20H,5,7,9-10,16H2. The summed E-state index contributed by atoms with van der Waals surface area (Å²) in [4.78, 5) is 14.1. The summed E-state index contributed by atoms with van der Waals surface area (Å²) < 4.78 is 1.61. The molecule has 3 rings (SSSR count). The van der Waals surface area contributed by atoms with E-state index in [-0.39, 0.29) is 18.4 Å². The highest BCUT2D eigenvalue weighted by Gasteiger charge is 2.27. The van der Waals surface area contributed by atoms with Gasteiger partial charge in [0, 0.05) is 31.8 Å². The van der Waals surface area contributed by atoms with E-state index in [0.29, 0.717) is 24.5 Å². The lowest BCUT2D eigenvalue weighted by atomic mass is 10.1. The van der Waals surface area contributed by atoms with Gasteiger partial charge in [0.1, 0.15) is 0 Å². The normalized spacial score (nSPS) is 18.1. The average Bonchev–Trinajstić information content (AvgIpc) is 3.16. The zero-order valence-electron chi connectivity index (χ0n) is 11.6. The Morgan fingerprint density at radius 1 is 1.38 bits per heavy atom. The van der Waals surface area contributed by atoms with Crippen molar-refractivity contribution in [2.24, 2.45) is 5.92 Å². The lowest BCUT2D eigenvalue weighted by molar-refractivity contribution is 0.0775. The van der Waals surface area contributed by atoms with Crippen LogP contribution in [-0.4, -0.2) is 45.4 Å². The summed E-state index contributed by atoms with van der Waals surface area (Å²) >= 11 is 0. The minimum absolute atomic E-state index is 0.0980. The summed E-state index contributed by atoms with van der Waals surface area (Å²) in [5.41, 5.74) is 7.68. The van der Waals surface area contributed by atoms with E-state index in [4.69, 9.17) is 10.8 Å². The number of aliphatic hydroxyl groups excluding tert-OH is 1. The van der Waals surface area contributed by atoms with Crippen LogP contribution in [0, 0.1) is 5.92 Å². The van der Waals surface area contributed by atoms with E-state index in [1.54, 1.807) is 27.9 Å². The van der Waals surface area contributed by atoms with Crippen LogP contribution in [0.5, 0.6) is 0 Å². The van der Waals surface area contributed by atoms with E-state index >= 15 is 0 Å². The van der Waals surface area contributed by atoms with Crippen molar-refractivity contribution in [3.05, 3.63) is 42.2 Å². The third-order valence-corrected chi connectivity index (χ3v) is 3.82. The molecule has 0 radical (unpaired) electrons. The molecule has 1 saturated heterocycles. The van der Waals surface area contributed by atoms with E-state index < -0.39 is 0 Å². The number of hydrogen-bond acceptors (Lipinski definition) is 4. The van der Waals surface area contributed by atoms with Gasteiger partial charge in [0.15, 0.2) is 5.69 Å². The highest BCUT2D eigenvalue weighted by Crippen LogP contribution is 2.19. The Bertz CT molecular complexity index is 653. The largest absolute Gasteiger partial charge is 0.397 e. The number of amides is 1. The predicted octanol–water partition coefficient (Wildman–Crippen LogP) is 0.909. The molecule has 6 heteroatoms. The second kappa shape index (κ2) is 5.57. The van der Waals surface area contributed by atoms with Crippen LogP contribution in [0.4, 0.5) is 5.69 Å². The molecule has 0 aliphatic carbocycles. The van der Waals surface area contributed by atoms with Gasteiger partial charge in [0.05, 0.1) is 11.4 Å². The summed E-state index contributed by atoms with van der Waals surface area (Å²) in [7, 11) is 0. The number of benzene rings is 1. The number of hydrogen-bond donors (Lipinski definition) is 2. The van der Waals surface area contributed by atoms with Crippen molar-refractivity contribution >= 4 is 11.6 Å². The number of likely N-dealkylation sites (tertiary alicyclic amines) is 1. The molecule has 1 aromatic carbocycles. The van der Waals surface area contributed by atoms with Gasteiger partial charge in [0.25, 0.3) is 5.91 Å². The fourth-order valence-electron chi connectivity index (χ4n) is 2.60. The lowest BCUT2D eigenvalue weighted by Gasteiger charge is -2.14. The Morgan fingerprint density at radius 2 is 2.19 bits per heavy atom. The number of nitrogen functional groups attached to an aromatic ring is 1. The van der Waals surface area contributed by atoms with Gasteiger partial charge in [-0.2, -0.15) is 5.10 Å². The fraction of sp³-hybridized carbons (Fsp3) is 0.333. The molecule has 110 valence electrons. The van der Waals surface area contributed by atoms with Crippen LogP contribution >= 0.6 is 0 Å². The Morgan fingerprint density at radius 3 is 2.90 bits per heavy atom. The quantitative estimate of drug-likeness (QED) is 0.821. The molecule has 2 heterocycles. The van der Waals surface area contributed by atoms with Gasteiger partial charge < -0.3 is 15.7 Å². The molecule has 21 heavy (non-hydrogen) atoms. The number of rotatable bonds is 3. The molecule has 1 atom stereocenters. The maximum absolute atomic E-state index is 12.4. The summed E-state index contributed by atoms with van der Waals surface area (Å²) in [5, 5.41) is 13.5. The van der Waals surface area contributed by atoms with Gasteiger partial charge in [-0.1, -0.05) is 12.1 Å². The molecule has 3 N–H and O–H groups in total. The number of nitrogens with zero attached hydrogens (tertiary/aromatic N) is 3. The van der Waals surface area contributed by atoms with Gasteiger partial charge in [-0.25, -0.2) is 4.68 Å². The van der Waals surface area contributed by atoms with Crippen molar-refractivity contribution in [3.8, 4) is 5.69 Å². The second-order valence-electron chi connectivity index (χ2n) is 5.29.